The lowest BCUT2D eigenvalue weighted by Crippen LogP contribution is -2.39. The van der Waals surface area contributed by atoms with Gasteiger partial charge in [-0.1, -0.05) is 0 Å². The molecule has 3 rings (SSSR count). The molecule has 0 atom stereocenters. The normalized spacial score (nSPS) is 19.9. The SMILES string of the molecule is Cl.O=C(NC1CCOCC1)c1ccc(F)c(C2CCNCC2)c1. The van der Waals surface area contributed by atoms with Gasteiger partial charge in [0.15, 0.2) is 0 Å². The minimum atomic E-state index is -0.200. The second-order valence-corrected chi connectivity index (χ2v) is 6.12. The van der Waals surface area contributed by atoms with Crippen molar-refractivity contribution in [2.24, 2.45) is 0 Å². The van der Waals surface area contributed by atoms with Gasteiger partial charge in [0.2, 0.25) is 0 Å². The quantitative estimate of drug-likeness (QED) is 0.887. The van der Waals surface area contributed by atoms with Crippen LogP contribution in [-0.2, 0) is 4.74 Å². The Morgan fingerprint density at radius 2 is 1.87 bits per heavy atom. The van der Waals surface area contributed by atoms with Crippen LogP contribution < -0.4 is 10.6 Å². The second kappa shape index (κ2) is 8.62. The summed E-state index contributed by atoms with van der Waals surface area (Å²) in [5.74, 6) is -0.103. The highest BCUT2D eigenvalue weighted by atomic mass is 35.5. The van der Waals surface area contributed by atoms with Gasteiger partial charge in [-0.3, -0.25) is 4.79 Å². The number of piperidine rings is 1. The highest BCUT2D eigenvalue weighted by Crippen LogP contribution is 2.28. The first kappa shape index (κ1) is 18.2. The Kier molecular flexibility index (Phi) is 6.81. The molecule has 0 unspecified atom stereocenters. The Bertz CT molecular complexity index is 529. The van der Waals surface area contributed by atoms with Gasteiger partial charge in [-0.25, -0.2) is 4.39 Å². The van der Waals surface area contributed by atoms with Crippen molar-refractivity contribution >= 4 is 18.3 Å². The third kappa shape index (κ3) is 4.66. The van der Waals surface area contributed by atoms with E-state index in [1.807, 2.05) is 0 Å². The Hall–Kier alpha value is -1.17. The fraction of sp³-hybridized carbons (Fsp3) is 0.588. The molecule has 1 aromatic carbocycles. The zero-order valence-electron chi connectivity index (χ0n) is 13.1. The molecule has 2 saturated heterocycles. The summed E-state index contributed by atoms with van der Waals surface area (Å²) in [5, 5.41) is 6.31. The molecular formula is C17H24ClFN2O2. The number of hydrogen-bond acceptors (Lipinski definition) is 3. The van der Waals surface area contributed by atoms with Crippen molar-refractivity contribution in [2.75, 3.05) is 26.3 Å². The minimum Gasteiger partial charge on any atom is -0.381 e. The van der Waals surface area contributed by atoms with Crippen LogP contribution in [0.2, 0.25) is 0 Å². The molecule has 2 aliphatic heterocycles. The lowest BCUT2D eigenvalue weighted by atomic mass is 9.89. The van der Waals surface area contributed by atoms with Crippen molar-refractivity contribution in [3.8, 4) is 0 Å². The molecule has 4 nitrogen and oxygen atoms in total. The number of benzene rings is 1. The van der Waals surface area contributed by atoms with E-state index in [1.54, 1.807) is 12.1 Å². The molecule has 0 spiro atoms. The highest BCUT2D eigenvalue weighted by Gasteiger charge is 2.21. The first-order valence-electron chi connectivity index (χ1n) is 8.13. The minimum absolute atomic E-state index is 0. The van der Waals surface area contributed by atoms with Crippen LogP contribution in [0.25, 0.3) is 0 Å². The maximum atomic E-state index is 14.1. The van der Waals surface area contributed by atoms with E-state index in [-0.39, 0.29) is 36.1 Å². The molecule has 23 heavy (non-hydrogen) atoms. The van der Waals surface area contributed by atoms with Gasteiger partial charge in [-0.05, 0) is 68.5 Å². The van der Waals surface area contributed by atoms with E-state index in [2.05, 4.69) is 10.6 Å². The number of carbonyl (C=O) groups excluding carboxylic acids is 1. The summed E-state index contributed by atoms with van der Waals surface area (Å²) >= 11 is 0. The maximum absolute atomic E-state index is 14.1. The molecule has 2 heterocycles. The number of nitrogens with one attached hydrogen (secondary N) is 2. The molecule has 6 heteroatoms. The van der Waals surface area contributed by atoms with Crippen molar-refractivity contribution in [1.82, 2.24) is 10.6 Å². The van der Waals surface area contributed by atoms with Gasteiger partial charge < -0.3 is 15.4 Å². The molecule has 2 fully saturated rings. The van der Waals surface area contributed by atoms with Gasteiger partial charge in [0.1, 0.15) is 5.82 Å². The van der Waals surface area contributed by atoms with Gasteiger partial charge in [-0.2, -0.15) is 0 Å². The Balaban J connectivity index is 0.00000192. The van der Waals surface area contributed by atoms with Crippen molar-refractivity contribution < 1.29 is 13.9 Å². The van der Waals surface area contributed by atoms with Crippen LogP contribution in [0.3, 0.4) is 0 Å². The van der Waals surface area contributed by atoms with Gasteiger partial charge in [0.05, 0.1) is 0 Å². The van der Waals surface area contributed by atoms with Crippen molar-refractivity contribution in [3.63, 3.8) is 0 Å². The van der Waals surface area contributed by atoms with Crippen LogP contribution in [0.4, 0.5) is 4.39 Å². The molecule has 0 bridgehead atoms. The van der Waals surface area contributed by atoms with Gasteiger partial charge in [-0.15, -0.1) is 12.4 Å². The summed E-state index contributed by atoms with van der Waals surface area (Å²) in [5.41, 5.74) is 1.24. The molecule has 0 aromatic heterocycles. The molecule has 1 aromatic rings. The van der Waals surface area contributed by atoms with E-state index >= 15 is 0 Å². The summed E-state index contributed by atoms with van der Waals surface area (Å²) in [6, 6.07) is 4.90. The van der Waals surface area contributed by atoms with Crippen LogP contribution in [0.5, 0.6) is 0 Å². The zero-order valence-corrected chi connectivity index (χ0v) is 14.0. The second-order valence-electron chi connectivity index (χ2n) is 6.12. The fourth-order valence-corrected chi connectivity index (χ4v) is 3.24. The predicted octanol–water partition coefficient (Wildman–Crippen LogP) is 2.62. The Morgan fingerprint density at radius 3 is 2.57 bits per heavy atom. The van der Waals surface area contributed by atoms with Crippen LogP contribution in [-0.4, -0.2) is 38.3 Å². The van der Waals surface area contributed by atoms with E-state index in [0.29, 0.717) is 24.3 Å². The molecule has 128 valence electrons. The van der Waals surface area contributed by atoms with Gasteiger partial charge in [0.25, 0.3) is 5.91 Å². The van der Waals surface area contributed by atoms with Crippen LogP contribution in [0.15, 0.2) is 18.2 Å². The van der Waals surface area contributed by atoms with E-state index in [4.69, 9.17) is 4.74 Å². The van der Waals surface area contributed by atoms with Crippen LogP contribution in [0, 0.1) is 5.82 Å². The number of ether oxygens (including phenoxy) is 1. The topological polar surface area (TPSA) is 50.4 Å². The summed E-state index contributed by atoms with van der Waals surface area (Å²) in [6.45, 7) is 3.19. The predicted molar refractivity (Wildman–Crippen MR) is 89.8 cm³/mol. The molecule has 0 aliphatic carbocycles. The van der Waals surface area contributed by atoms with Crippen molar-refractivity contribution in [1.29, 1.82) is 0 Å². The first-order valence-corrected chi connectivity index (χ1v) is 8.13. The molecule has 2 N–H and O–H groups in total. The number of rotatable bonds is 3. The summed E-state index contributed by atoms with van der Waals surface area (Å²) in [6.07, 6.45) is 3.52. The number of amides is 1. The van der Waals surface area contributed by atoms with Crippen LogP contribution in [0.1, 0.15) is 47.5 Å². The maximum Gasteiger partial charge on any atom is 0.251 e. The monoisotopic (exact) mass is 342 g/mol. The van der Waals surface area contributed by atoms with Crippen molar-refractivity contribution in [2.45, 2.75) is 37.6 Å². The Morgan fingerprint density at radius 1 is 1.17 bits per heavy atom. The van der Waals surface area contributed by atoms with Gasteiger partial charge >= 0.3 is 0 Å². The average Bonchev–Trinajstić information content (AvgIpc) is 2.57. The lowest BCUT2D eigenvalue weighted by molar-refractivity contribution is 0.0696. The molecular weight excluding hydrogens is 319 g/mol. The number of hydrogen-bond donors (Lipinski definition) is 2. The highest BCUT2D eigenvalue weighted by molar-refractivity contribution is 5.94. The molecule has 1 amide bonds. The van der Waals surface area contributed by atoms with Gasteiger partial charge in [0, 0.05) is 24.8 Å². The van der Waals surface area contributed by atoms with E-state index in [0.717, 1.165) is 38.8 Å². The number of halogens is 2. The zero-order chi connectivity index (χ0) is 15.4. The van der Waals surface area contributed by atoms with Crippen molar-refractivity contribution in [3.05, 3.63) is 35.1 Å². The molecule has 0 saturated carbocycles. The summed E-state index contributed by atoms with van der Waals surface area (Å²) in [7, 11) is 0. The fourth-order valence-electron chi connectivity index (χ4n) is 3.24. The van der Waals surface area contributed by atoms with E-state index in [1.165, 1.54) is 6.07 Å². The smallest absolute Gasteiger partial charge is 0.251 e. The lowest BCUT2D eigenvalue weighted by Gasteiger charge is -2.25. The Labute approximate surface area is 142 Å². The first-order chi connectivity index (χ1) is 10.7. The summed E-state index contributed by atoms with van der Waals surface area (Å²) in [4.78, 5) is 12.4. The van der Waals surface area contributed by atoms with E-state index in [9.17, 15) is 9.18 Å². The summed E-state index contributed by atoms with van der Waals surface area (Å²) < 4.78 is 19.4. The third-order valence-electron chi connectivity index (χ3n) is 4.59. The standard InChI is InChI=1S/C17H23FN2O2.ClH/c18-16-2-1-13(11-15(16)12-3-7-19-8-4-12)17(21)20-14-5-9-22-10-6-14;/h1-2,11-12,14,19H,3-10H2,(H,20,21);1H. The van der Waals surface area contributed by atoms with E-state index < -0.39 is 0 Å². The third-order valence-corrected chi connectivity index (χ3v) is 4.59. The number of carbonyl (C=O) groups is 1. The average molecular weight is 343 g/mol. The molecule has 2 aliphatic rings. The van der Waals surface area contributed by atoms with Crippen LogP contribution >= 0.6 is 12.4 Å². The molecule has 0 radical (unpaired) electrons. The largest absolute Gasteiger partial charge is 0.381 e.